The van der Waals surface area contributed by atoms with Gasteiger partial charge in [-0.05, 0) is 42.5 Å². The number of anilines is 1. The quantitative estimate of drug-likeness (QED) is 0.832. The molecule has 0 bridgehead atoms. The fourth-order valence-corrected chi connectivity index (χ4v) is 3.88. The van der Waals surface area contributed by atoms with Crippen LogP contribution in [-0.4, -0.2) is 22.8 Å². The highest BCUT2D eigenvalue weighted by Crippen LogP contribution is 2.32. The molecule has 1 aromatic carbocycles. The standard InChI is InChI=1S/C15H17NO2S/c1-10(17)19-14-8-15(18)16(9-14)13-6-5-11-3-2-4-12(11)7-13/h5-7,14H,2-4,8-9H2,1H3. The number of amides is 1. The van der Waals surface area contributed by atoms with Crippen molar-refractivity contribution in [3.05, 3.63) is 29.3 Å². The minimum absolute atomic E-state index is 0.0913. The average Bonchev–Trinajstić information content (AvgIpc) is 2.93. The van der Waals surface area contributed by atoms with E-state index in [4.69, 9.17) is 0 Å². The molecule has 2 aliphatic rings. The Labute approximate surface area is 117 Å². The second-order valence-corrected chi connectivity index (χ2v) is 6.72. The van der Waals surface area contributed by atoms with E-state index in [0.29, 0.717) is 13.0 Å². The molecule has 3 nitrogen and oxygen atoms in total. The molecule has 1 fully saturated rings. The van der Waals surface area contributed by atoms with Crippen molar-refractivity contribution in [3.63, 3.8) is 0 Å². The molecule has 0 N–H and O–H groups in total. The molecule has 100 valence electrons. The second kappa shape index (κ2) is 5.00. The van der Waals surface area contributed by atoms with Crippen LogP contribution in [0.5, 0.6) is 0 Å². The molecular formula is C15H17NO2S. The average molecular weight is 275 g/mol. The molecule has 0 saturated carbocycles. The van der Waals surface area contributed by atoms with Crippen molar-refractivity contribution in [2.24, 2.45) is 0 Å². The van der Waals surface area contributed by atoms with Crippen LogP contribution < -0.4 is 4.90 Å². The number of nitrogens with zero attached hydrogens (tertiary/aromatic N) is 1. The first-order valence-corrected chi connectivity index (χ1v) is 7.61. The predicted molar refractivity (Wildman–Crippen MR) is 77.5 cm³/mol. The van der Waals surface area contributed by atoms with Crippen molar-refractivity contribution in [1.29, 1.82) is 0 Å². The fraction of sp³-hybridized carbons (Fsp3) is 0.467. The first-order valence-electron chi connectivity index (χ1n) is 6.73. The van der Waals surface area contributed by atoms with Crippen molar-refractivity contribution in [1.82, 2.24) is 0 Å². The van der Waals surface area contributed by atoms with Gasteiger partial charge in [0.2, 0.25) is 5.91 Å². The van der Waals surface area contributed by atoms with E-state index in [0.717, 1.165) is 18.5 Å². The molecule has 1 aliphatic heterocycles. The van der Waals surface area contributed by atoms with Crippen LogP contribution in [0.15, 0.2) is 18.2 Å². The Morgan fingerprint density at radius 1 is 1.32 bits per heavy atom. The lowest BCUT2D eigenvalue weighted by Gasteiger charge is -2.17. The Hall–Kier alpha value is -1.29. The van der Waals surface area contributed by atoms with Gasteiger partial charge in [0.15, 0.2) is 5.12 Å². The Balaban J connectivity index is 1.79. The van der Waals surface area contributed by atoms with Gasteiger partial charge in [0.1, 0.15) is 0 Å². The predicted octanol–water partition coefficient (Wildman–Crippen LogP) is 2.56. The van der Waals surface area contributed by atoms with Crippen molar-refractivity contribution in [2.45, 2.75) is 37.9 Å². The molecule has 1 heterocycles. The van der Waals surface area contributed by atoms with E-state index in [-0.39, 0.29) is 16.3 Å². The second-order valence-electron chi connectivity index (χ2n) is 5.25. The summed E-state index contributed by atoms with van der Waals surface area (Å²) >= 11 is 1.29. The van der Waals surface area contributed by atoms with Gasteiger partial charge in [-0.25, -0.2) is 0 Å². The summed E-state index contributed by atoms with van der Waals surface area (Å²) in [5.74, 6) is 0.136. The topological polar surface area (TPSA) is 37.4 Å². The summed E-state index contributed by atoms with van der Waals surface area (Å²) in [5.41, 5.74) is 3.80. The van der Waals surface area contributed by atoms with Crippen molar-refractivity contribution in [3.8, 4) is 0 Å². The molecule has 0 aromatic heterocycles. The van der Waals surface area contributed by atoms with Gasteiger partial charge in [0, 0.05) is 30.8 Å². The Kier molecular flexibility index (Phi) is 3.35. The van der Waals surface area contributed by atoms with Crippen LogP contribution in [0.2, 0.25) is 0 Å². The molecule has 1 aliphatic carbocycles. The number of carbonyl (C=O) groups excluding carboxylic acids is 2. The van der Waals surface area contributed by atoms with Crippen LogP contribution in [0.3, 0.4) is 0 Å². The third-order valence-electron chi connectivity index (χ3n) is 3.82. The van der Waals surface area contributed by atoms with Gasteiger partial charge in [-0.3, -0.25) is 9.59 Å². The van der Waals surface area contributed by atoms with Crippen LogP contribution >= 0.6 is 11.8 Å². The number of thioether (sulfide) groups is 1. The Morgan fingerprint density at radius 2 is 2.11 bits per heavy atom. The Morgan fingerprint density at radius 3 is 2.89 bits per heavy atom. The molecule has 1 atom stereocenters. The zero-order valence-corrected chi connectivity index (χ0v) is 11.8. The van der Waals surface area contributed by atoms with Gasteiger partial charge in [-0.1, -0.05) is 17.8 Å². The van der Waals surface area contributed by atoms with Crippen molar-refractivity contribution < 1.29 is 9.59 Å². The molecule has 3 rings (SSSR count). The molecule has 1 unspecified atom stereocenters. The highest BCUT2D eigenvalue weighted by Gasteiger charge is 2.32. The monoisotopic (exact) mass is 275 g/mol. The summed E-state index contributed by atoms with van der Waals surface area (Å²) in [5, 5.41) is 0.201. The van der Waals surface area contributed by atoms with E-state index >= 15 is 0 Å². The van der Waals surface area contributed by atoms with E-state index in [1.165, 1.54) is 29.3 Å². The normalized spacial score (nSPS) is 21.8. The molecule has 1 amide bonds. The number of aryl methyl sites for hydroxylation is 2. The number of rotatable bonds is 2. The first kappa shape index (κ1) is 12.7. The minimum atomic E-state index is 0.0913. The lowest BCUT2D eigenvalue weighted by atomic mass is 10.1. The van der Waals surface area contributed by atoms with Crippen molar-refractivity contribution in [2.75, 3.05) is 11.4 Å². The number of hydrogen-bond donors (Lipinski definition) is 0. The molecular weight excluding hydrogens is 258 g/mol. The molecule has 1 aromatic rings. The van der Waals surface area contributed by atoms with Gasteiger partial charge in [0.25, 0.3) is 0 Å². The summed E-state index contributed by atoms with van der Waals surface area (Å²) in [6.07, 6.45) is 3.97. The van der Waals surface area contributed by atoms with E-state index < -0.39 is 0 Å². The first-order chi connectivity index (χ1) is 9.13. The number of carbonyl (C=O) groups is 2. The van der Waals surface area contributed by atoms with Crippen LogP contribution in [-0.2, 0) is 22.4 Å². The summed E-state index contributed by atoms with van der Waals surface area (Å²) < 4.78 is 0. The number of hydrogen-bond acceptors (Lipinski definition) is 3. The lowest BCUT2D eigenvalue weighted by Crippen LogP contribution is -2.25. The minimum Gasteiger partial charge on any atom is -0.311 e. The van der Waals surface area contributed by atoms with Gasteiger partial charge in [0.05, 0.1) is 0 Å². The highest BCUT2D eigenvalue weighted by molar-refractivity contribution is 8.14. The van der Waals surface area contributed by atoms with E-state index in [1.807, 2.05) is 11.0 Å². The number of fused-ring (bicyclic) bond motifs is 1. The zero-order chi connectivity index (χ0) is 13.4. The van der Waals surface area contributed by atoms with Crippen LogP contribution in [0, 0.1) is 0 Å². The maximum Gasteiger partial charge on any atom is 0.228 e. The molecule has 19 heavy (non-hydrogen) atoms. The Bertz CT molecular complexity index is 541. The van der Waals surface area contributed by atoms with Crippen molar-refractivity contribution >= 4 is 28.5 Å². The smallest absolute Gasteiger partial charge is 0.228 e. The third-order valence-corrected chi connectivity index (χ3v) is 4.80. The van der Waals surface area contributed by atoms with Gasteiger partial charge >= 0.3 is 0 Å². The zero-order valence-electron chi connectivity index (χ0n) is 11.0. The lowest BCUT2D eigenvalue weighted by molar-refractivity contribution is -0.117. The third kappa shape index (κ3) is 2.54. The SMILES string of the molecule is CC(=O)SC1CC(=O)N(c2ccc3c(c2)CCC3)C1. The number of benzene rings is 1. The molecule has 1 saturated heterocycles. The van der Waals surface area contributed by atoms with Crippen LogP contribution in [0.4, 0.5) is 5.69 Å². The van der Waals surface area contributed by atoms with Gasteiger partial charge in [-0.2, -0.15) is 0 Å². The van der Waals surface area contributed by atoms with Gasteiger partial charge < -0.3 is 4.90 Å². The summed E-state index contributed by atoms with van der Waals surface area (Å²) in [4.78, 5) is 25.0. The summed E-state index contributed by atoms with van der Waals surface area (Å²) in [6.45, 7) is 2.22. The highest BCUT2D eigenvalue weighted by atomic mass is 32.2. The fourth-order valence-electron chi connectivity index (χ4n) is 2.96. The molecule has 0 radical (unpaired) electrons. The summed E-state index contributed by atoms with van der Waals surface area (Å²) in [6, 6.07) is 6.35. The maximum atomic E-state index is 12.1. The van der Waals surface area contributed by atoms with Crippen LogP contribution in [0.1, 0.15) is 30.9 Å². The van der Waals surface area contributed by atoms with Gasteiger partial charge in [-0.15, -0.1) is 0 Å². The maximum absolute atomic E-state index is 12.1. The molecule has 4 heteroatoms. The van der Waals surface area contributed by atoms with Crippen LogP contribution in [0.25, 0.3) is 0 Å². The largest absolute Gasteiger partial charge is 0.311 e. The summed E-state index contributed by atoms with van der Waals surface area (Å²) in [7, 11) is 0. The van der Waals surface area contributed by atoms with E-state index in [1.54, 1.807) is 6.92 Å². The van der Waals surface area contributed by atoms with E-state index in [2.05, 4.69) is 12.1 Å². The van der Waals surface area contributed by atoms with E-state index in [9.17, 15) is 9.59 Å². The molecule has 0 spiro atoms.